The topological polar surface area (TPSA) is 55.4 Å². The lowest BCUT2D eigenvalue weighted by Crippen LogP contribution is -2.38. The normalized spacial score (nSPS) is 22.8. The summed E-state index contributed by atoms with van der Waals surface area (Å²) in [6.07, 6.45) is 1.56. The Morgan fingerprint density at radius 2 is 1.92 bits per heavy atom. The van der Waals surface area contributed by atoms with E-state index in [-0.39, 0.29) is 23.5 Å². The lowest BCUT2D eigenvalue weighted by atomic mass is 9.75. The van der Waals surface area contributed by atoms with E-state index in [0.717, 1.165) is 29.0 Å². The molecule has 0 saturated heterocycles. The molecule has 26 heavy (non-hydrogen) atoms. The van der Waals surface area contributed by atoms with E-state index in [2.05, 4.69) is 11.4 Å². The van der Waals surface area contributed by atoms with Gasteiger partial charge in [-0.2, -0.15) is 0 Å². The van der Waals surface area contributed by atoms with Gasteiger partial charge >= 0.3 is 0 Å². The van der Waals surface area contributed by atoms with Crippen LogP contribution in [0.4, 0.5) is 0 Å². The molecule has 2 aliphatic rings. The SMILES string of the molecule is CCOc1ccc([C@H]2CC(=O)NC3=C2C(=O)C[C@@H](c2cccs2)C3)cc1. The number of rotatable bonds is 4. The highest BCUT2D eigenvalue weighted by Gasteiger charge is 2.38. The smallest absolute Gasteiger partial charge is 0.225 e. The van der Waals surface area contributed by atoms with Crippen molar-refractivity contribution in [1.82, 2.24) is 5.32 Å². The summed E-state index contributed by atoms with van der Waals surface area (Å²) in [7, 11) is 0. The second-order valence-electron chi connectivity index (χ2n) is 6.74. The summed E-state index contributed by atoms with van der Waals surface area (Å²) >= 11 is 1.67. The third-order valence-corrected chi connectivity index (χ3v) is 6.11. The fraction of sp³-hybridized carbons (Fsp3) is 0.333. The summed E-state index contributed by atoms with van der Waals surface area (Å²) < 4.78 is 5.50. The monoisotopic (exact) mass is 367 g/mol. The van der Waals surface area contributed by atoms with Crippen LogP contribution in [0.25, 0.3) is 0 Å². The van der Waals surface area contributed by atoms with Crippen LogP contribution < -0.4 is 10.1 Å². The van der Waals surface area contributed by atoms with Gasteiger partial charge in [-0.15, -0.1) is 11.3 Å². The highest BCUT2D eigenvalue weighted by molar-refractivity contribution is 7.10. The van der Waals surface area contributed by atoms with E-state index in [4.69, 9.17) is 4.74 Å². The van der Waals surface area contributed by atoms with Gasteiger partial charge in [-0.3, -0.25) is 9.59 Å². The minimum atomic E-state index is -0.161. The number of benzene rings is 1. The van der Waals surface area contributed by atoms with Crippen molar-refractivity contribution in [2.24, 2.45) is 0 Å². The number of carbonyl (C=O) groups is 2. The molecule has 1 aliphatic carbocycles. The van der Waals surface area contributed by atoms with Crippen molar-refractivity contribution >= 4 is 23.0 Å². The minimum absolute atomic E-state index is 0.0118. The van der Waals surface area contributed by atoms with Gasteiger partial charge in [-0.1, -0.05) is 18.2 Å². The molecular weight excluding hydrogens is 346 g/mol. The number of hydrogen-bond donors (Lipinski definition) is 1. The van der Waals surface area contributed by atoms with Crippen molar-refractivity contribution in [3.63, 3.8) is 0 Å². The van der Waals surface area contributed by atoms with E-state index >= 15 is 0 Å². The molecule has 1 amide bonds. The molecule has 2 heterocycles. The molecule has 0 bridgehead atoms. The van der Waals surface area contributed by atoms with Crippen LogP contribution in [-0.4, -0.2) is 18.3 Å². The molecule has 134 valence electrons. The van der Waals surface area contributed by atoms with E-state index in [1.54, 1.807) is 11.3 Å². The Labute approximate surface area is 156 Å². The van der Waals surface area contributed by atoms with Gasteiger partial charge in [0.15, 0.2) is 5.78 Å². The van der Waals surface area contributed by atoms with Crippen LogP contribution in [0.1, 0.15) is 48.5 Å². The first-order valence-electron chi connectivity index (χ1n) is 8.98. The maximum Gasteiger partial charge on any atom is 0.225 e. The van der Waals surface area contributed by atoms with Gasteiger partial charge in [0.2, 0.25) is 5.91 Å². The number of allylic oxidation sites excluding steroid dienone is 2. The number of Topliss-reactive ketones (excluding diaryl/α,β-unsaturated/α-hetero) is 1. The van der Waals surface area contributed by atoms with E-state index in [1.165, 1.54) is 4.88 Å². The average molecular weight is 367 g/mol. The second-order valence-corrected chi connectivity index (χ2v) is 7.72. The average Bonchev–Trinajstić information content (AvgIpc) is 3.16. The van der Waals surface area contributed by atoms with Gasteiger partial charge in [0.1, 0.15) is 5.75 Å². The number of amides is 1. The largest absolute Gasteiger partial charge is 0.494 e. The van der Waals surface area contributed by atoms with E-state index in [0.29, 0.717) is 19.4 Å². The van der Waals surface area contributed by atoms with Crippen molar-refractivity contribution in [2.75, 3.05) is 6.61 Å². The Kier molecular flexibility index (Phi) is 4.64. The first-order valence-corrected chi connectivity index (χ1v) is 9.86. The van der Waals surface area contributed by atoms with Crippen LogP contribution in [0.15, 0.2) is 53.0 Å². The molecule has 1 N–H and O–H groups in total. The number of ether oxygens (including phenoxy) is 1. The van der Waals surface area contributed by atoms with Crippen LogP contribution in [-0.2, 0) is 9.59 Å². The second kappa shape index (κ2) is 7.08. The summed E-state index contributed by atoms with van der Waals surface area (Å²) in [6, 6.07) is 11.8. The van der Waals surface area contributed by atoms with Crippen LogP contribution >= 0.6 is 11.3 Å². The molecule has 0 fully saturated rings. The fourth-order valence-corrected chi connectivity index (χ4v) is 4.76. The minimum Gasteiger partial charge on any atom is -0.494 e. The third kappa shape index (κ3) is 3.19. The van der Waals surface area contributed by atoms with Crippen LogP contribution in [0, 0.1) is 0 Å². The molecular formula is C21H21NO3S. The quantitative estimate of drug-likeness (QED) is 0.883. The fourth-order valence-electron chi connectivity index (χ4n) is 3.93. The zero-order valence-corrected chi connectivity index (χ0v) is 15.5. The first kappa shape index (κ1) is 17.0. The third-order valence-electron chi connectivity index (χ3n) is 5.08. The van der Waals surface area contributed by atoms with Crippen LogP contribution in [0.5, 0.6) is 5.75 Å². The summed E-state index contributed by atoms with van der Waals surface area (Å²) in [5.74, 6) is 0.955. The number of thiophene rings is 1. The summed E-state index contributed by atoms with van der Waals surface area (Å²) in [6.45, 7) is 2.56. The Bertz CT molecular complexity index is 852. The highest BCUT2D eigenvalue weighted by Crippen LogP contribution is 2.43. The summed E-state index contributed by atoms with van der Waals surface area (Å²) in [5.41, 5.74) is 2.61. The standard InChI is InChI=1S/C21H21NO3S/c1-2-25-15-7-5-13(6-8-15)16-12-20(24)22-17-10-14(11-18(23)21(16)17)19-4-3-9-26-19/h3-9,14,16H,2,10-12H2,1H3,(H,22,24)/t14-,16+/m0/s1. The van der Waals surface area contributed by atoms with Crippen LogP contribution in [0.2, 0.25) is 0 Å². The van der Waals surface area contributed by atoms with Crippen LogP contribution in [0.3, 0.4) is 0 Å². The van der Waals surface area contributed by atoms with Gasteiger partial charge in [-0.05, 0) is 42.5 Å². The number of carbonyl (C=O) groups excluding carboxylic acids is 2. The molecule has 2 atom stereocenters. The van der Waals surface area contributed by atoms with Gasteiger partial charge < -0.3 is 10.1 Å². The first-order chi connectivity index (χ1) is 12.7. The maximum absolute atomic E-state index is 13.0. The summed E-state index contributed by atoms with van der Waals surface area (Å²) in [4.78, 5) is 26.5. The number of hydrogen-bond acceptors (Lipinski definition) is 4. The van der Waals surface area contributed by atoms with Gasteiger partial charge in [0.05, 0.1) is 6.61 Å². The Balaban J connectivity index is 1.66. The highest BCUT2D eigenvalue weighted by atomic mass is 32.1. The molecule has 4 rings (SSSR count). The Hall–Kier alpha value is -2.40. The number of nitrogens with one attached hydrogen (secondary N) is 1. The molecule has 1 aromatic carbocycles. The van der Waals surface area contributed by atoms with Crippen molar-refractivity contribution < 1.29 is 14.3 Å². The van der Waals surface area contributed by atoms with Crippen molar-refractivity contribution in [3.05, 3.63) is 63.5 Å². The lowest BCUT2D eigenvalue weighted by Gasteiger charge is -2.34. The zero-order chi connectivity index (χ0) is 18.1. The van der Waals surface area contributed by atoms with E-state index in [9.17, 15) is 9.59 Å². The molecule has 1 aromatic heterocycles. The predicted octanol–water partition coefficient (Wildman–Crippen LogP) is 4.15. The molecule has 0 unspecified atom stereocenters. The predicted molar refractivity (Wildman–Crippen MR) is 101 cm³/mol. The molecule has 4 nitrogen and oxygen atoms in total. The van der Waals surface area contributed by atoms with E-state index in [1.807, 2.05) is 42.6 Å². The molecule has 2 aromatic rings. The Morgan fingerprint density at radius 3 is 2.62 bits per heavy atom. The zero-order valence-electron chi connectivity index (χ0n) is 14.7. The molecule has 0 radical (unpaired) electrons. The van der Waals surface area contributed by atoms with Gasteiger partial charge in [0.25, 0.3) is 0 Å². The van der Waals surface area contributed by atoms with Gasteiger partial charge in [0, 0.05) is 40.8 Å². The molecule has 0 spiro atoms. The van der Waals surface area contributed by atoms with Crippen molar-refractivity contribution in [3.8, 4) is 5.75 Å². The van der Waals surface area contributed by atoms with Crippen molar-refractivity contribution in [2.45, 2.75) is 38.0 Å². The summed E-state index contributed by atoms with van der Waals surface area (Å²) in [5, 5.41) is 5.01. The van der Waals surface area contributed by atoms with E-state index < -0.39 is 0 Å². The number of ketones is 1. The Morgan fingerprint density at radius 1 is 1.12 bits per heavy atom. The van der Waals surface area contributed by atoms with Crippen molar-refractivity contribution in [1.29, 1.82) is 0 Å². The lowest BCUT2D eigenvalue weighted by molar-refractivity contribution is -0.122. The molecule has 0 saturated carbocycles. The van der Waals surface area contributed by atoms with Gasteiger partial charge in [-0.25, -0.2) is 0 Å². The maximum atomic E-state index is 13.0. The molecule has 1 aliphatic heterocycles. The molecule has 5 heteroatoms.